The maximum absolute atomic E-state index is 13.2. The van der Waals surface area contributed by atoms with Gasteiger partial charge >= 0.3 is 0 Å². The topological polar surface area (TPSA) is 68.5 Å². The summed E-state index contributed by atoms with van der Waals surface area (Å²) in [6, 6.07) is 19.2. The summed E-state index contributed by atoms with van der Waals surface area (Å²) in [5, 5.41) is 4.12. The van der Waals surface area contributed by atoms with Gasteiger partial charge in [-0.3, -0.25) is 9.59 Å². The van der Waals surface area contributed by atoms with E-state index in [2.05, 4.69) is 21.2 Å². The molecule has 0 radical (unpaired) electrons. The Labute approximate surface area is 192 Å². The summed E-state index contributed by atoms with van der Waals surface area (Å²) in [5.41, 5.74) is 2.08. The number of hydrogen-bond donors (Lipinski definition) is 1. The number of rotatable bonds is 6. The number of fused-ring (bicyclic) bond motifs is 1. The van der Waals surface area contributed by atoms with Crippen molar-refractivity contribution < 1.29 is 18.7 Å². The molecule has 1 aromatic heterocycles. The molecule has 0 saturated heterocycles. The summed E-state index contributed by atoms with van der Waals surface area (Å²) < 4.78 is 11.7. The van der Waals surface area contributed by atoms with Crippen molar-refractivity contribution in [3.8, 4) is 5.75 Å². The Balaban J connectivity index is 1.68. The van der Waals surface area contributed by atoms with Gasteiger partial charge in [0.25, 0.3) is 0 Å². The number of furan rings is 1. The molecule has 156 valence electrons. The molecule has 31 heavy (non-hydrogen) atoms. The maximum atomic E-state index is 13.2. The molecule has 1 heterocycles. The van der Waals surface area contributed by atoms with Crippen LogP contribution in [0.2, 0.25) is 5.02 Å². The Morgan fingerprint density at radius 1 is 1.06 bits per heavy atom. The molecule has 7 heteroatoms. The number of hydrogen-bond acceptors (Lipinski definition) is 4. The molecule has 5 nitrogen and oxygen atoms in total. The number of nitrogens with one attached hydrogen (secondary N) is 1. The zero-order valence-corrected chi connectivity index (χ0v) is 18.8. The lowest BCUT2D eigenvalue weighted by Crippen LogP contribution is -2.16. The molecular weight excluding hydrogens is 482 g/mol. The van der Waals surface area contributed by atoms with Gasteiger partial charge in [-0.25, -0.2) is 0 Å². The van der Waals surface area contributed by atoms with E-state index in [1.165, 1.54) is 0 Å². The van der Waals surface area contributed by atoms with Gasteiger partial charge in [0.1, 0.15) is 11.3 Å². The number of halogens is 2. The highest BCUT2D eigenvalue weighted by Gasteiger charge is 2.24. The number of anilines is 1. The lowest BCUT2D eigenvalue weighted by atomic mass is 10.1. The zero-order valence-electron chi connectivity index (χ0n) is 16.4. The van der Waals surface area contributed by atoms with E-state index in [1.807, 2.05) is 12.1 Å². The first-order chi connectivity index (χ1) is 15.0. The van der Waals surface area contributed by atoms with Crippen molar-refractivity contribution in [3.63, 3.8) is 0 Å². The fraction of sp³-hybridized carbons (Fsp3) is 0.0833. The second-order valence-corrected chi connectivity index (χ2v) is 8.12. The minimum absolute atomic E-state index is 0.0720. The lowest BCUT2D eigenvalue weighted by molar-refractivity contribution is -0.115. The molecule has 3 aromatic carbocycles. The second-order valence-electron chi connectivity index (χ2n) is 6.83. The van der Waals surface area contributed by atoms with Crippen LogP contribution in [-0.2, 0) is 11.2 Å². The van der Waals surface area contributed by atoms with E-state index in [0.29, 0.717) is 37.5 Å². The van der Waals surface area contributed by atoms with Crippen LogP contribution in [0.15, 0.2) is 75.6 Å². The summed E-state index contributed by atoms with van der Waals surface area (Å²) in [6.45, 7) is 0. The summed E-state index contributed by atoms with van der Waals surface area (Å²) in [4.78, 5) is 26.0. The third-order valence-corrected chi connectivity index (χ3v) is 5.63. The van der Waals surface area contributed by atoms with Crippen LogP contribution in [0.1, 0.15) is 21.7 Å². The fourth-order valence-electron chi connectivity index (χ4n) is 3.24. The molecule has 0 aliphatic rings. The molecule has 0 aliphatic carbocycles. The Morgan fingerprint density at radius 3 is 2.52 bits per heavy atom. The van der Waals surface area contributed by atoms with Crippen LogP contribution in [0.5, 0.6) is 5.75 Å². The monoisotopic (exact) mass is 497 g/mol. The normalized spacial score (nSPS) is 10.8. The Bertz CT molecular complexity index is 1280. The van der Waals surface area contributed by atoms with Gasteiger partial charge in [-0.1, -0.05) is 35.9 Å². The van der Waals surface area contributed by atoms with Crippen LogP contribution in [0.3, 0.4) is 0 Å². The van der Waals surface area contributed by atoms with E-state index in [1.54, 1.807) is 61.7 Å². The fourth-order valence-corrected chi connectivity index (χ4v) is 3.91. The van der Waals surface area contributed by atoms with Crippen LogP contribution in [0.4, 0.5) is 5.69 Å². The van der Waals surface area contributed by atoms with Gasteiger partial charge in [-0.2, -0.15) is 0 Å². The molecule has 4 aromatic rings. The number of para-hydroxylation sites is 1. The molecular formula is C24H17BrClNO4. The first-order valence-corrected chi connectivity index (χ1v) is 10.6. The summed E-state index contributed by atoms with van der Waals surface area (Å²) in [7, 11) is 1.55. The van der Waals surface area contributed by atoms with Gasteiger partial charge in [0, 0.05) is 16.0 Å². The van der Waals surface area contributed by atoms with E-state index in [9.17, 15) is 9.59 Å². The second kappa shape index (κ2) is 8.96. The number of amides is 1. The van der Waals surface area contributed by atoms with Crippen molar-refractivity contribution in [3.05, 3.63) is 93.1 Å². The quantitative estimate of drug-likeness (QED) is 0.318. The number of benzene rings is 3. The highest BCUT2D eigenvalue weighted by Crippen LogP contribution is 2.34. The molecule has 0 bridgehead atoms. The van der Waals surface area contributed by atoms with Crippen molar-refractivity contribution >= 4 is 55.9 Å². The van der Waals surface area contributed by atoms with E-state index in [-0.39, 0.29) is 23.9 Å². The third kappa shape index (κ3) is 4.50. The predicted octanol–water partition coefficient (Wildman–Crippen LogP) is 6.27. The molecule has 0 aliphatic heterocycles. The van der Waals surface area contributed by atoms with Crippen LogP contribution in [0, 0.1) is 0 Å². The molecule has 1 N–H and O–H groups in total. The third-order valence-electron chi connectivity index (χ3n) is 4.76. The Kier molecular flexibility index (Phi) is 6.11. The average Bonchev–Trinajstić information content (AvgIpc) is 3.13. The van der Waals surface area contributed by atoms with Crippen LogP contribution >= 0.6 is 27.5 Å². The predicted molar refractivity (Wildman–Crippen MR) is 124 cm³/mol. The number of methoxy groups -OCH3 is 1. The van der Waals surface area contributed by atoms with E-state index >= 15 is 0 Å². The summed E-state index contributed by atoms with van der Waals surface area (Å²) >= 11 is 9.31. The van der Waals surface area contributed by atoms with Gasteiger partial charge in [0.05, 0.1) is 23.7 Å². The van der Waals surface area contributed by atoms with Crippen molar-refractivity contribution in [2.45, 2.75) is 6.42 Å². The van der Waals surface area contributed by atoms with Gasteiger partial charge in [-0.15, -0.1) is 0 Å². The standard InChI is InChI=1S/C24H17BrClNO4/c1-30-20-11-8-15(13-18(20)25)23(29)24-22(17-4-2-3-5-19(17)31-24)27-21(28)12-14-6-9-16(26)10-7-14/h2-11,13H,12H2,1H3,(H,27,28). The molecule has 0 spiro atoms. The van der Waals surface area contributed by atoms with E-state index in [0.717, 1.165) is 5.56 Å². The first kappa shape index (κ1) is 21.2. The molecule has 0 fully saturated rings. The number of ketones is 1. The van der Waals surface area contributed by atoms with Crippen molar-refractivity contribution in [1.29, 1.82) is 0 Å². The molecule has 0 saturated carbocycles. The number of carbonyl (C=O) groups is 2. The SMILES string of the molecule is COc1ccc(C(=O)c2oc3ccccc3c2NC(=O)Cc2ccc(Cl)cc2)cc1Br. The van der Waals surface area contributed by atoms with Crippen molar-refractivity contribution in [1.82, 2.24) is 0 Å². The maximum Gasteiger partial charge on any atom is 0.230 e. The largest absolute Gasteiger partial charge is 0.496 e. The van der Waals surface area contributed by atoms with Gasteiger partial charge in [-0.05, 0) is 64.0 Å². The minimum atomic E-state index is -0.346. The lowest BCUT2D eigenvalue weighted by Gasteiger charge is -2.08. The average molecular weight is 499 g/mol. The summed E-state index contributed by atoms with van der Waals surface area (Å²) in [6.07, 6.45) is 0.137. The van der Waals surface area contributed by atoms with E-state index in [4.69, 9.17) is 20.8 Å². The molecule has 0 atom stereocenters. The number of ether oxygens (including phenoxy) is 1. The van der Waals surface area contributed by atoms with Crippen LogP contribution < -0.4 is 10.1 Å². The minimum Gasteiger partial charge on any atom is -0.496 e. The van der Waals surface area contributed by atoms with Crippen molar-refractivity contribution in [2.75, 3.05) is 12.4 Å². The highest BCUT2D eigenvalue weighted by atomic mass is 79.9. The Morgan fingerprint density at radius 2 is 1.81 bits per heavy atom. The number of carbonyl (C=O) groups excluding carboxylic acids is 2. The van der Waals surface area contributed by atoms with Crippen LogP contribution in [0.25, 0.3) is 11.0 Å². The molecule has 1 amide bonds. The molecule has 4 rings (SSSR count). The van der Waals surface area contributed by atoms with Crippen molar-refractivity contribution in [2.24, 2.45) is 0 Å². The highest BCUT2D eigenvalue weighted by molar-refractivity contribution is 9.10. The Hall–Kier alpha value is -3.09. The first-order valence-electron chi connectivity index (χ1n) is 9.40. The summed E-state index contributed by atoms with van der Waals surface area (Å²) in [5.74, 6) is 0.0700. The smallest absolute Gasteiger partial charge is 0.230 e. The molecule has 0 unspecified atom stereocenters. The zero-order chi connectivity index (χ0) is 22.0. The van der Waals surface area contributed by atoms with E-state index < -0.39 is 0 Å². The van der Waals surface area contributed by atoms with Gasteiger partial charge in [0.15, 0.2) is 5.76 Å². The van der Waals surface area contributed by atoms with Crippen LogP contribution in [-0.4, -0.2) is 18.8 Å². The van der Waals surface area contributed by atoms with Gasteiger partial charge in [0.2, 0.25) is 11.7 Å². The van der Waals surface area contributed by atoms with Gasteiger partial charge < -0.3 is 14.5 Å².